The molecule has 162 valence electrons. The lowest BCUT2D eigenvalue weighted by Crippen LogP contribution is -2.50. The number of nitrogens with zero attached hydrogens (tertiary/aromatic N) is 1. The Morgan fingerprint density at radius 2 is 1.83 bits per heavy atom. The van der Waals surface area contributed by atoms with E-state index in [4.69, 9.17) is 27.9 Å². The molecule has 11 heteroatoms. The predicted molar refractivity (Wildman–Crippen MR) is 110 cm³/mol. The first kappa shape index (κ1) is 22.8. The Morgan fingerprint density at radius 3 is 2.43 bits per heavy atom. The predicted octanol–water partition coefficient (Wildman–Crippen LogP) is 2.93. The maximum absolute atomic E-state index is 12.5. The quantitative estimate of drug-likeness (QED) is 0.586. The van der Waals surface area contributed by atoms with Crippen LogP contribution in [-0.4, -0.2) is 38.5 Å². The van der Waals surface area contributed by atoms with Gasteiger partial charge in [0, 0.05) is 6.04 Å². The molecule has 2 N–H and O–H groups in total. The van der Waals surface area contributed by atoms with E-state index < -0.39 is 34.0 Å². The van der Waals surface area contributed by atoms with E-state index in [2.05, 4.69) is 16.1 Å². The van der Waals surface area contributed by atoms with Gasteiger partial charge in [-0.3, -0.25) is 4.79 Å². The first-order chi connectivity index (χ1) is 14.2. The number of amides is 1. The molecular weight excluding hydrogens is 453 g/mol. The number of benzene rings is 1. The smallest absolute Gasteiger partial charge is 0.340 e. The second kappa shape index (κ2) is 9.10. The molecule has 0 heterocycles. The summed E-state index contributed by atoms with van der Waals surface area (Å²) in [6, 6.07) is 4.18. The van der Waals surface area contributed by atoms with Crippen LogP contribution in [0.3, 0.4) is 0 Å². The minimum Gasteiger partial charge on any atom is -0.452 e. The van der Waals surface area contributed by atoms with Crippen molar-refractivity contribution in [2.75, 3.05) is 6.61 Å². The number of carbonyl (C=O) groups is 2. The number of sulfonamides is 1. The number of esters is 1. The van der Waals surface area contributed by atoms with E-state index in [-0.39, 0.29) is 26.5 Å². The molecule has 0 atom stereocenters. The molecule has 2 fully saturated rings. The number of carbonyl (C=O) groups excluding carboxylic acids is 2. The molecule has 0 spiro atoms. The van der Waals surface area contributed by atoms with Crippen molar-refractivity contribution >= 4 is 45.1 Å². The van der Waals surface area contributed by atoms with Crippen LogP contribution in [-0.2, 0) is 19.6 Å². The summed E-state index contributed by atoms with van der Waals surface area (Å²) in [4.78, 5) is 24.3. The maximum Gasteiger partial charge on any atom is 0.340 e. The largest absolute Gasteiger partial charge is 0.452 e. The van der Waals surface area contributed by atoms with Crippen LogP contribution in [0.5, 0.6) is 0 Å². The molecule has 2 aliphatic rings. The lowest BCUT2D eigenvalue weighted by atomic mass is 9.83. The third kappa shape index (κ3) is 5.43. The van der Waals surface area contributed by atoms with Gasteiger partial charge in [0.2, 0.25) is 10.0 Å². The molecule has 0 saturated heterocycles. The molecule has 1 aromatic carbocycles. The van der Waals surface area contributed by atoms with Crippen LogP contribution in [0.4, 0.5) is 0 Å². The van der Waals surface area contributed by atoms with E-state index in [0.29, 0.717) is 12.8 Å². The number of ether oxygens (including phenoxy) is 1. The molecule has 0 unspecified atom stereocenters. The average Bonchev–Trinajstić information content (AvgIpc) is 3.50. The summed E-state index contributed by atoms with van der Waals surface area (Å²) in [5.41, 5.74) is -1.17. The molecule has 3 rings (SSSR count). The van der Waals surface area contributed by atoms with Crippen LogP contribution < -0.4 is 10.0 Å². The summed E-state index contributed by atoms with van der Waals surface area (Å²) >= 11 is 12.0. The van der Waals surface area contributed by atoms with Crippen molar-refractivity contribution in [1.29, 1.82) is 5.26 Å². The lowest BCUT2D eigenvalue weighted by Gasteiger charge is -2.31. The first-order valence-corrected chi connectivity index (χ1v) is 11.8. The highest BCUT2D eigenvalue weighted by atomic mass is 35.5. The summed E-state index contributed by atoms with van der Waals surface area (Å²) in [5.74, 6) is -1.58. The van der Waals surface area contributed by atoms with Crippen molar-refractivity contribution in [2.45, 2.75) is 61.4 Å². The van der Waals surface area contributed by atoms with E-state index in [1.54, 1.807) is 0 Å². The van der Waals surface area contributed by atoms with Crippen molar-refractivity contribution in [3.63, 3.8) is 0 Å². The molecule has 0 radical (unpaired) electrons. The number of hydrogen-bond acceptors (Lipinski definition) is 6. The summed E-state index contributed by atoms with van der Waals surface area (Å²) in [6.45, 7) is -0.621. The zero-order valence-electron chi connectivity index (χ0n) is 16.0. The molecular formula is C19H21Cl2N3O5S. The van der Waals surface area contributed by atoms with Crippen LogP contribution in [0.1, 0.15) is 55.3 Å². The maximum atomic E-state index is 12.5. The second-order valence-corrected chi connectivity index (χ2v) is 10.0. The number of hydrogen-bond donors (Lipinski definition) is 2. The van der Waals surface area contributed by atoms with Crippen LogP contribution in [0.25, 0.3) is 0 Å². The number of halogens is 2. The topological polar surface area (TPSA) is 125 Å². The Bertz CT molecular complexity index is 996. The minimum atomic E-state index is -3.93. The van der Waals surface area contributed by atoms with E-state index in [1.165, 1.54) is 0 Å². The zero-order chi connectivity index (χ0) is 21.9. The van der Waals surface area contributed by atoms with Gasteiger partial charge in [-0.2, -0.15) is 5.26 Å². The minimum absolute atomic E-state index is 0.100. The van der Waals surface area contributed by atoms with E-state index in [0.717, 1.165) is 44.2 Å². The fourth-order valence-electron chi connectivity index (χ4n) is 3.31. The molecule has 30 heavy (non-hydrogen) atoms. The van der Waals surface area contributed by atoms with Gasteiger partial charge < -0.3 is 10.1 Å². The van der Waals surface area contributed by atoms with Crippen molar-refractivity contribution in [2.24, 2.45) is 0 Å². The van der Waals surface area contributed by atoms with Gasteiger partial charge in [0.05, 0.1) is 21.7 Å². The van der Waals surface area contributed by atoms with Gasteiger partial charge in [-0.15, -0.1) is 0 Å². The fourth-order valence-corrected chi connectivity index (χ4v) is 5.46. The SMILES string of the molecule is N#CC1(NC(=O)COC(=O)c2cc(S(=O)(=O)NC3CC3)c(Cl)cc2Cl)CCCCC1. The van der Waals surface area contributed by atoms with Crippen LogP contribution in [0.15, 0.2) is 17.0 Å². The zero-order valence-corrected chi connectivity index (χ0v) is 18.4. The van der Waals surface area contributed by atoms with Crippen LogP contribution in [0, 0.1) is 11.3 Å². The Labute approximate surface area is 184 Å². The number of rotatable bonds is 7. The molecule has 0 bridgehead atoms. The number of nitrogens with one attached hydrogen (secondary N) is 2. The van der Waals surface area contributed by atoms with Crippen LogP contribution in [0.2, 0.25) is 10.0 Å². The summed E-state index contributed by atoms with van der Waals surface area (Å²) in [7, 11) is -3.93. The van der Waals surface area contributed by atoms with Crippen molar-refractivity contribution in [1.82, 2.24) is 10.0 Å². The van der Waals surface area contributed by atoms with Gasteiger partial charge in [-0.1, -0.05) is 42.5 Å². The summed E-state index contributed by atoms with van der Waals surface area (Å²) in [5, 5.41) is 11.8. The van der Waals surface area contributed by atoms with E-state index in [9.17, 15) is 23.3 Å². The van der Waals surface area contributed by atoms with Crippen molar-refractivity contribution in [3.05, 3.63) is 27.7 Å². The van der Waals surface area contributed by atoms with Gasteiger partial charge in [0.25, 0.3) is 5.91 Å². The van der Waals surface area contributed by atoms with Gasteiger partial charge in [0.15, 0.2) is 6.61 Å². The molecule has 2 aliphatic carbocycles. The second-order valence-electron chi connectivity index (χ2n) is 7.54. The van der Waals surface area contributed by atoms with Crippen LogP contribution >= 0.6 is 23.2 Å². The average molecular weight is 474 g/mol. The third-order valence-electron chi connectivity index (χ3n) is 5.06. The monoisotopic (exact) mass is 473 g/mol. The number of nitriles is 1. The van der Waals surface area contributed by atoms with Gasteiger partial charge in [-0.25, -0.2) is 17.9 Å². The Kier molecular flexibility index (Phi) is 6.92. The van der Waals surface area contributed by atoms with Crippen molar-refractivity contribution < 1.29 is 22.7 Å². The highest BCUT2D eigenvalue weighted by Crippen LogP contribution is 2.31. The Hall–Kier alpha value is -1.86. The normalized spacial score (nSPS) is 18.3. The molecule has 1 aromatic rings. The van der Waals surface area contributed by atoms with E-state index >= 15 is 0 Å². The van der Waals surface area contributed by atoms with Gasteiger partial charge in [-0.05, 0) is 37.8 Å². The molecule has 1 amide bonds. The van der Waals surface area contributed by atoms with Crippen molar-refractivity contribution in [3.8, 4) is 6.07 Å². The Balaban J connectivity index is 1.68. The molecule has 0 aromatic heterocycles. The highest BCUT2D eigenvalue weighted by Gasteiger charge is 2.34. The molecule has 0 aliphatic heterocycles. The first-order valence-electron chi connectivity index (χ1n) is 9.56. The Morgan fingerprint density at radius 1 is 1.17 bits per heavy atom. The van der Waals surface area contributed by atoms with E-state index in [1.807, 2.05) is 0 Å². The molecule has 2 saturated carbocycles. The van der Waals surface area contributed by atoms with Gasteiger partial charge in [0.1, 0.15) is 10.4 Å². The molecule has 8 nitrogen and oxygen atoms in total. The highest BCUT2D eigenvalue weighted by molar-refractivity contribution is 7.89. The van der Waals surface area contributed by atoms with Gasteiger partial charge >= 0.3 is 5.97 Å². The summed E-state index contributed by atoms with van der Waals surface area (Å²) < 4.78 is 32.4. The standard InChI is InChI=1S/C19H21Cl2N3O5S/c20-14-9-15(21)16(30(27,28)24-12-4-5-12)8-13(14)18(26)29-10-17(25)23-19(11-22)6-2-1-3-7-19/h8-9,12,24H,1-7,10H2,(H,23,25). The fraction of sp³-hybridized carbons (Fsp3) is 0.526. The lowest BCUT2D eigenvalue weighted by molar-refractivity contribution is -0.125. The summed E-state index contributed by atoms with van der Waals surface area (Å²) in [6.07, 6.45) is 5.23. The third-order valence-corrected chi connectivity index (χ3v) is 7.36.